The van der Waals surface area contributed by atoms with Gasteiger partial charge < -0.3 is 18.9 Å². The Hall–Kier alpha value is -3.28. The third-order valence-electron chi connectivity index (χ3n) is 6.33. The van der Waals surface area contributed by atoms with Crippen molar-refractivity contribution in [1.82, 2.24) is 0 Å². The first-order chi connectivity index (χ1) is 17.7. The van der Waals surface area contributed by atoms with Gasteiger partial charge >= 0.3 is 11.9 Å². The molecular formula is C31H40O6. The van der Waals surface area contributed by atoms with Gasteiger partial charge in [0.2, 0.25) is 0 Å². The van der Waals surface area contributed by atoms with Gasteiger partial charge in [-0.25, -0.2) is 0 Å². The number of hydrogen-bond acceptors (Lipinski definition) is 6. The average Bonchev–Trinajstić information content (AvgIpc) is 2.88. The highest BCUT2D eigenvalue weighted by Crippen LogP contribution is 2.43. The quantitative estimate of drug-likeness (QED) is 0.193. The standard InChI is InChI=1S/C31H40O6/c1-8-22(36-30(32)19(3)4)17-34-28-24-12-10-11-13-25(24)29(27-16-21(7)14-15-26(27)28)35-18-23(9-2)37-31(33)20(5)6/h10-16,19-20,22-23H,8-9,17-18H2,1-7H3. The molecule has 3 aromatic rings. The number of benzene rings is 3. The second kappa shape index (κ2) is 12.8. The highest BCUT2D eigenvalue weighted by molar-refractivity contribution is 6.11. The maximum atomic E-state index is 12.2. The van der Waals surface area contributed by atoms with Crippen molar-refractivity contribution in [3.8, 4) is 11.5 Å². The Morgan fingerprint density at radius 3 is 1.54 bits per heavy atom. The van der Waals surface area contributed by atoms with Crippen molar-refractivity contribution in [3.05, 3.63) is 48.0 Å². The van der Waals surface area contributed by atoms with E-state index in [2.05, 4.69) is 6.07 Å². The summed E-state index contributed by atoms with van der Waals surface area (Å²) in [6.07, 6.45) is 0.626. The van der Waals surface area contributed by atoms with Crippen LogP contribution in [0.3, 0.4) is 0 Å². The lowest BCUT2D eigenvalue weighted by Crippen LogP contribution is -2.27. The van der Waals surface area contributed by atoms with Crippen molar-refractivity contribution < 1.29 is 28.5 Å². The average molecular weight is 509 g/mol. The lowest BCUT2D eigenvalue weighted by molar-refractivity contribution is -0.155. The van der Waals surface area contributed by atoms with Crippen LogP contribution in [0.25, 0.3) is 21.5 Å². The summed E-state index contributed by atoms with van der Waals surface area (Å²) in [7, 11) is 0. The Bertz CT molecular complexity index is 1230. The number of esters is 2. The minimum absolute atomic E-state index is 0.193. The molecule has 2 atom stereocenters. The first kappa shape index (κ1) is 28.3. The fourth-order valence-electron chi connectivity index (χ4n) is 3.95. The van der Waals surface area contributed by atoms with Gasteiger partial charge in [-0.2, -0.15) is 0 Å². The Morgan fingerprint density at radius 1 is 0.676 bits per heavy atom. The number of carbonyl (C=O) groups is 2. The van der Waals surface area contributed by atoms with Crippen LogP contribution >= 0.6 is 0 Å². The predicted molar refractivity (Wildman–Crippen MR) is 147 cm³/mol. The van der Waals surface area contributed by atoms with Gasteiger partial charge in [0.25, 0.3) is 0 Å². The molecule has 0 radical (unpaired) electrons. The summed E-state index contributed by atoms with van der Waals surface area (Å²) in [5.74, 6) is 0.624. The van der Waals surface area contributed by atoms with Crippen LogP contribution in [0.2, 0.25) is 0 Å². The first-order valence-electron chi connectivity index (χ1n) is 13.3. The zero-order valence-corrected chi connectivity index (χ0v) is 23.1. The molecule has 0 heterocycles. The van der Waals surface area contributed by atoms with Crippen LogP contribution in [0.1, 0.15) is 59.9 Å². The first-order valence-corrected chi connectivity index (χ1v) is 13.3. The molecule has 6 heteroatoms. The zero-order chi connectivity index (χ0) is 27.1. The number of hydrogen-bond donors (Lipinski definition) is 0. The van der Waals surface area contributed by atoms with Crippen molar-refractivity contribution in [2.24, 2.45) is 11.8 Å². The Labute approximate surface area is 220 Å². The number of fused-ring (bicyclic) bond motifs is 2. The molecule has 0 aliphatic heterocycles. The molecule has 3 aromatic carbocycles. The van der Waals surface area contributed by atoms with Gasteiger partial charge in [0, 0.05) is 21.5 Å². The van der Waals surface area contributed by atoms with E-state index in [0.29, 0.717) is 12.8 Å². The predicted octanol–water partition coefficient (Wildman–Crippen LogP) is 7.01. The van der Waals surface area contributed by atoms with E-state index >= 15 is 0 Å². The lowest BCUT2D eigenvalue weighted by atomic mass is 9.99. The third kappa shape index (κ3) is 6.94. The third-order valence-corrected chi connectivity index (χ3v) is 6.33. The van der Waals surface area contributed by atoms with E-state index in [-0.39, 0.29) is 49.2 Å². The molecule has 0 spiro atoms. The largest absolute Gasteiger partial charge is 0.488 e. The highest BCUT2D eigenvalue weighted by atomic mass is 16.6. The van der Waals surface area contributed by atoms with Crippen LogP contribution < -0.4 is 9.47 Å². The zero-order valence-electron chi connectivity index (χ0n) is 23.1. The second-order valence-electron chi connectivity index (χ2n) is 10.1. The topological polar surface area (TPSA) is 71.1 Å². The molecule has 0 saturated heterocycles. The van der Waals surface area contributed by atoms with Crippen LogP contribution in [0.5, 0.6) is 11.5 Å². The van der Waals surface area contributed by atoms with Crippen molar-refractivity contribution in [2.45, 2.75) is 73.5 Å². The summed E-state index contributed by atoms with van der Waals surface area (Å²) < 4.78 is 24.1. The van der Waals surface area contributed by atoms with E-state index in [1.165, 1.54) is 0 Å². The van der Waals surface area contributed by atoms with Gasteiger partial charge in [-0.15, -0.1) is 0 Å². The Kier molecular flexibility index (Phi) is 9.79. The molecule has 37 heavy (non-hydrogen) atoms. The van der Waals surface area contributed by atoms with Crippen LogP contribution in [0, 0.1) is 18.8 Å². The van der Waals surface area contributed by atoms with Crippen LogP contribution in [0.4, 0.5) is 0 Å². The molecule has 200 valence electrons. The smallest absolute Gasteiger partial charge is 0.308 e. The fraction of sp³-hybridized carbons (Fsp3) is 0.484. The molecule has 0 N–H and O–H groups in total. The maximum Gasteiger partial charge on any atom is 0.308 e. The van der Waals surface area contributed by atoms with Gasteiger partial charge in [-0.3, -0.25) is 9.59 Å². The summed E-state index contributed by atoms with van der Waals surface area (Å²) in [6.45, 7) is 13.8. The molecule has 0 fully saturated rings. The van der Waals surface area contributed by atoms with Gasteiger partial charge in [0.1, 0.15) is 36.9 Å². The number of aryl methyl sites for hydroxylation is 1. The summed E-state index contributed by atoms with van der Waals surface area (Å²) in [5.41, 5.74) is 1.09. The molecule has 0 aliphatic carbocycles. The summed E-state index contributed by atoms with van der Waals surface area (Å²) in [6, 6.07) is 14.1. The summed E-state index contributed by atoms with van der Waals surface area (Å²) in [4.78, 5) is 24.3. The number of ether oxygens (including phenoxy) is 4. The molecule has 0 bridgehead atoms. The lowest BCUT2D eigenvalue weighted by Gasteiger charge is -2.23. The van der Waals surface area contributed by atoms with E-state index in [1.54, 1.807) is 0 Å². The minimum atomic E-state index is -0.342. The number of rotatable bonds is 12. The Balaban J connectivity index is 2.00. The van der Waals surface area contributed by atoms with Gasteiger partial charge in [-0.1, -0.05) is 83.5 Å². The van der Waals surface area contributed by atoms with Crippen molar-refractivity contribution >= 4 is 33.5 Å². The van der Waals surface area contributed by atoms with Gasteiger partial charge in [-0.05, 0) is 25.8 Å². The second-order valence-corrected chi connectivity index (χ2v) is 10.1. The molecule has 0 aliphatic rings. The fourth-order valence-corrected chi connectivity index (χ4v) is 3.95. The van der Waals surface area contributed by atoms with Crippen LogP contribution in [0.15, 0.2) is 42.5 Å². The van der Waals surface area contributed by atoms with Crippen LogP contribution in [-0.4, -0.2) is 37.4 Å². The van der Waals surface area contributed by atoms with Crippen molar-refractivity contribution in [2.75, 3.05) is 13.2 Å². The molecule has 3 rings (SSSR count). The Morgan fingerprint density at radius 2 is 1.11 bits per heavy atom. The van der Waals surface area contributed by atoms with Gasteiger partial charge in [0.05, 0.1) is 11.8 Å². The molecule has 0 saturated carbocycles. The van der Waals surface area contributed by atoms with E-state index in [0.717, 1.165) is 38.6 Å². The van der Waals surface area contributed by atoms with Gasteiger partial charge in [0.15, 0.2) is 0 Å². The molecular weight excluding hydrogens is 468 g/mol. The summed E-state index contributed by atoms with van der Waals surface area (Å²) in [5, 5.41) is 3.65. The summed E-state index contributed by atoms with van der Waals surface area (Å²) >= 11 is 0. The SMILES string of the molecule is CCC(COc1c2ccccc2c(OCC(CC)OC(=O)C(C)C)c2cc(C)ccc12)OC(=O)C(C)C. The van der Waals surface area contributed by atoms with E-state index < -0.39 is 0 Å². The molecule has 0 amide bonds. The molecule has 0 aromatic heterocycles. The monoisotopic (exact) mass is 508 g/mol. The molecule has 6 nitrogen and oxygen atoms in total. The van der Waals surface area contributed by atoms with E-state index in [4.69, 9.17) is 18.9 Å². The normalized spacial score (nSPS) is 13.1. The highest BCUT2D eigenvalue weighted by Gasteiger charge is 2.22. The minimum Gasteiger partial charge on any atom is -0.488 e. The van der Waals surface area contributed by atoms with Crippen molar-refractivity contribution in [1.29, 1.82) is 0 Å². The maximum absolute atomic E-state index is 12.2. The van der Waals surface area contributed by atoms with E-state index in [1.807, 2.05) is 84.9 Å². The number of carbonyl (C=O) groups excluding carboxylic acids is 2. The van der Waals surface area contributed by atoms with E-state index in [9.17, 15) is 9.59 Å². The van der Waals surface area contributed by atoms with Crippen molar-refractivity contribution in [3.63, 3.8) is 0 Å². The molecule has 2 unspecified atom stereocenters. The van der Waals surface area contributed by atoms with Crippen LogP contribution in [-0.2, 0) is 19.1 Å².